The highest BCUT2D eigenvalue weighted by Crippen LogP contribution is 2.32. The number of ether oxygens (including phenoxy) is 1. The van der Waals surface area contributed by atoms with Gasteiger partial charge in [-0.05, 0) is 85.6 Å². The molecule has 4 nitrogen and oxygen atoms in total. The molecule has 246 valence electrons. The van der Waals surface area contributed by atoms with Crippen molar-refractivity contribution in [1.29, 1.82) is 0 Å². The fourth-order valence-corrected chi connectivity index (χ4v) is 4.85. The van der Waals surface area contributed by atoms with E-state index in [0.717, 1.165) is 79.4 Å². The first kappa shape index (κ1) is 38.0. The van der Waals surface area contributed by atoms with Gasteiger partial charge in [0.05, 0.1) is 0 Å². The molecular formula is C42H55NO3. The maximum atomic E-state index is 11.7. The Labute approximate surface area is 278 Å². The number of hydrogen-bond donors (Lipinski definition) is 2. The number of hydrogen-bond acceptors (Lipinski definition) is 3. The molecule has 0 amide bonds. The Hall–Kier alpha value is -4.15. The number of carboxylic acids is 1. The van der Waals surface area contributed by atoms with Crippen LogP contribution in [-0.2, 0) is 4.79 Å². The fourth-order valence-electron chi connectivity index (χ4n) is 4.85. The van der Waals surface area contributed by atoms with Crippen molar-refractivity contribution in [3.8, 4) is 5.75 Å². The van der Waals surface area contributed by atoms with Crippen LogP contribution in [0.1, 0.15) is 110 Å². The zero-order chi connectivity index (χ0) is 33.9. The normalized spacial score (nSPS) is 14.1. The van der Waals surface area contributed by atoms with Crippen LogP contribution >= 0.6 is 0 Å². The highest BCUT2D eigenvalue weighted by atomic mass is 16.5. The number of unbranched alkanes of at least 4 members (excludes halogenated alkanes) is 3. The monoisotopic (exact) mass is 621 g/mol. The molecule has 1 atom stereocenters. The first-order valence-corrected chi connectivity index (χ1v) is 16.8. The Morgan fingerprint density at radius 1 is 0.913 bits per heavy atom. The molecule has 46 heavy (non-hydrogen) atoms. The number of carboxylic acid groups (broad SMARTS) is 1. The number of carbonyl (C=O) groups is 1. The molecule has 2 aromatic rings. The predicted molar refractivity (Wildman–Crippen MR) is 198 cm³/mol. The van der Waals surface area contributed by atoms with Crippen molar-refractivity contribution < 1.29 is 14.6 Å². The third kappa shape index (κ3) is 13.1. The molecule has 3 N–H and O–H groups in total. The molecule has 2 rings (SSSR count). The highest BCUT2D eigenvalue weighted by Gasteiger charge is 2.16. The molecule has 0 fully saturated rings. The summed E-state index contributed by atoms with van der Waals surface area (Å²) in [5.74, 6) is 0.364. The number of allylic oxidation sites excluding steroid dienone is 9. The summed E-state index contributed by atoms with van der Waals surface area (Å²) in [6.45, 7) is 17.2. The molecule has 0 radical (unpaired) electrons. The van der Waals surface area contributed by atoms with E-state index in [2.05, 4.69) is 109 Å². The number of rotatable bonds is 19. The molecule has 4 heteroatoms. The van der Waals surface area contributed by atoms with Gasteiger partial charge in [0.2, 0.25) is 0 Å². The molecule has 2 aromatic carbocycles. The summed E-state index contributed by atoms with van der Waals surface area (Å²) in [6.07, 6.45) is 22.0. The Bertz CT molecular complexity index is 1470. The van der Waals surface area contributed by atoms with Gasteiger partial charge in [0, 0.05) is 5.56 Å². The van der Waals surface area contributed by atoms with Gasteiger partial charge in [0.15, 0.2) is 0 Å². The zero-order valence-corrected chi connectivity index (χ0v) is 28.9. The predicted octanol–water partition coefficient (Wildman–Crippen LogP) is 11.5. The Morgan fingerprint density at radius 2 is 1.65 bits per heavy atom. The molecular weight excluding hydrogens is 566 g/mol. The van der Waals surface area contributed by atoms with Crippen molar-refractivity contribution >= 4 is 23.2 Å². The van der Waals surface area contributed by atoms with E-state index in [4.69, 9.17) is 10.5 Å². The van der Waals surface area contributed by atoms with Gasteiger partial charge in [-0.25, -0.2) is 0 Å². The van der Waals surface area contributed by atoms with Crippen LogP contribution in [0.3, 0.4) is 0 Å². The van der Waals surface area contributed by atoms with E-state index in [1.54, 1.807) is 6.08 Å². The molecule has 0 spiro atoms. The summed E-state index contributed by atoms with van der Waals surface area (Å²) in [7, 11) is 0. The highest BCUT2D eigenvalue weighted by molar-refractivity contribution is 5.81. The largest absolute Gasteiger partial charge is 0.480 e. The van der Waals surface area contributed by atoms with Crippen molar-refractivity contribution in [1.82, 2.24) is 0 Å². The molecule has 0 aliphatic rings. The molecule has 1 unspecified atom stereocenters. The van der Waals surface area contributed by atoms with Crippen molar-refractivity contribution in [3.05, 3.63) is 131 Å². The van der Waals surface area contributed by atoms with Crippen LogP contribution in [0.25, 0.3) is 17.2 Å². The van der Waals surface area contributed by atoms with Crippen LogP contribution in [0.5, 0.6) is 5.75 Å². The van der Waals surface area contributed by atoms with Crippen LogP contribution in [0.15, 0.2) is 114 Å². The second-order valence-corrected chi connectivity index (χ2v) is 11.8. The van der Waals surface area contributed by atoms with E-state index >= 15 is 0 Å². The molecule has 0 aliphatic carbocycles. The maximum Gasteiger partial charge on any atom is 0.325 e. The van der Waals surface area contributed by atoms with Gasteiger partial charge < -0.3 is 15.6 Å². The van der Waals surface area contributed by atoms with Crippen molar-refractivity contribution in [2.75, 3.05) is 0 Å². The van der Waals surface area contributed by atoms with E-state index in [-0.39, 0.29) is 0 Å². The molecule has 0 aromatic heterocycles. The minimum atomic E-state index is -1.10. The van der Waals surface area contributed by atoms with Crippen LogP contribution < -0.4 is 10.5 Å². The Balaban J connectivity index is 2.70. The molecule has 0 bridgehead atoms. The van der Waals surface area contributed by atoms with Gasteiger partial charge in [0.25, 0.3) is 0 Å². The minimum Gasteiger partial charge on any atom is -0.480 e. The van der Waals surface area contributed by atoms with Gasteiger partial charge in [-0.1, -0.05) is 144 Å². The second-order valence-electron chi connectivity index (χ2n) is 11.8. The van der Waals surface area contributed by atoms with Crippen LogP contribution in [0, 0.1) is 0 Å². The SMILES string of the molecule is C=C(/C=C\C(=C/CCCC)C(N)C(=O)O)c1ccc(C=C(C)CCC)cc1OC(/C=C(\C)CC)=C/C(=C\CCC)c1ccccc1. The van der Waals surface area contributed by atoms with Gasteiger partial charge >= 0.3 is 5.97 Å². The summed E-state index contributed by atoms with van der Waals surface area (Å²) >= 11 is 0. The summed E-state index contributed by atoms with van der Waals surface area (Å²) in [6, 6.07) is 15.5. The van der Waals surface area contributed by atoms with Crippen LogP contribution in [0.4, 0.5) is 0 Å². The standard InChI is InChI=1S/C42H55NO3/c1-8-12-15-22-36(41(43)42(44)45)25-23-33(7)39-26-24-34(27-32(6)18-10-3)29-40(39)46-38(28-31(5)11-4)30-37(19-13-9-2)35-20-16-14-17-21-35/h14,16-17,19-30,41H,7-13,15,18,43H2,1-6H3,(H,44,45)/b25-23-,31-28+,32-27?,36-22+,37-19+,38-30+. The lowest BCUT2D eigenvalue weighted by molar-refractivity contribution is -0.137. The Kier molecular flexibility index (Phi) is 17.2. The Morgan fingerprint density at radius 3 is 2.28 bits per heavy atom. The van der Waals surface area contributed by atoms with Crippen molar-refractivity contribution in [2.45, 2.75) is 99.0 Å². The molecule has 0 saturated carbocycles. The lowest BCUT2D eigenvalue weighted by Gasteiger charge is -2.16. The number of benzene rings is 2. The molecule has 0 saturated heterocycles. The summed E-state index contributed by atoms with van der Waals surface area (Å²) < 4.78 is 6.81. The third-order valence-electron chi connectivity index (χ3n) is 7.68. The lowest BCUT2D eigenvalue weighted by atomic mass is 9.99. The van der Waals surface area contributed by atoms with Crippen molar-refractivity contribution in [3.63, 3.8) is 0 Å². The van der Waals surface area contributed by atoms with E-state index < -0.39 is 12.0 Å². The van der Waals surface area contributed by atoms with Gasteiger partial charge in [-0.15, -0.1) is 0 Å². The van der Waals surface area contributed by atoms with Crippen molar-refractivity contribution in [2.24, 2.45) is 5.73 Å². The molecule has 0 heterocycles. The van der Waals surface area contributed by atoms with Gasteiger partial charge in [-0.3, -0.25) is 4.79 Å². The summed E-state index contributed by atoms with van der Waals surface area (Å²) in [4.78, 5) is 11.7. The average molecular weight is 622 g/mol. The average Bonchev–Trinajstić information content (AvgIpc) is 3.04. The van der Waals surface area contributed by atoms with E-state index in [1.165, 1.54) is 11.1 Å². The first-order valence-electron chi connectivity index (χ1n) is 16.8. The quantitative estimate of drug-likeness (QED) is 0.0930. The van der Waals surface area contributed by atoms with E-state index in [0.29, 0.717) is 16.9 Å². The second kappa shape index (κ2) is 20.8. The lowest BCUT2D eigenvalue weighted by Crippen LogP contribution is -2.31. The van der Waals surface area contributed by atoms with Crippen LogP contribution in [-0.4, -0.2) is 17.1 Å². The summed E-state index contributed by atoms with van der Waals surface area (Å²) in [5.41, 5.74) is 13.9. The number of nitrogens with two attached hydrogens (primary N) is 1. The van der Waals surface area contributed by atoms with E-state index in [9.17, 15) is 9.90 Å². The maximum absolute atomic E-state index is 11.7. The number of aliphatic carboxylic acids is 1. The van der Waals surface area contributed by atoms with E-state index in [1.807, 2.05) is 24.3 Å². The molecule has 0 aliphatic heterocycles. The zero-order valence-electron chi connectivity index (χ0n) is 28.9. The van der Waals surface area contributed by atoms with Crippen LogP contribution in [0.2, 0.25) is 0 Å². The van der Waals surface area contributed by atoms with Gasteiger partial charge in [0.1, 0.15) is 17.6 Å². The third-order valence-corrected chi connectivity index (χ3v) is 7.68. The summed E-state index contributed by atoms with van der Waals surface area (Å²) in [5, 5.41) is 9.61. The van der Waals surface area contributed by atoms with Gasteiger partial charge in [-0.2, -0.15) is 0 Å². The fraction of sp³-hybridized carbons (Fsp3) is 0.357. The minimum absolute atomic E-state index is 0.565. The first-order chi connectivity index (χ1) is 22.1. The topological polar surface area (TPSA) is 72.6 Å². The smallest absolute Gasteiger partial charge is 0.325 e.